The van der Waals surface area contributed by atoms with E-state index in [2.05, 4.69) is 12.1 Å². The van der Waals surface area contributed by atoms with E-state index in [1.807, 2.05) is 23.1 Å². The lowest BCUT2D eigenvalue weighted by molar-refractivity contribution is -0.135. The Hall–Kier alpha value is -2.56. The lowest BCUT2D eigenvalue weighted by atomic mass is 9.85. The molecule has 3 heterocycles. The molecule has 0 bridgehead atoms. The van der Waals surface area contributed by atoms with Crippen LogP contribution in [0.5, 0.6) is 0 Å². The van der Waals surface area contributed by atoms with Crippen molar-refractivity contribution in [3.8, 4) is 0 Å². The fraction of sp³-hybridized carbons (Fsp3) is 0.400. The molecule has 0 saturated carbocycles. The fourth-order valence-electron chi connectivity index (χ4n) is 4.01. The van der Waals surface area contributed by atoms with E-state index in [4.69, 9.17) is 4.42 Å². The molecular weight excluding hydrogens is 316 g/mol. The Labute approximate surface area is 147 Å². The van der Waals surface area contributed by atoms with Gasteiger partial charge in [-0.15, -0.1) is 0 Å². The van der Waals surface area contributed by atoms with E-state index in [0.29, 0.717) is 18.7 Å². The number of rotatable bonds is 4. The third-order valence-corrected chi connectivity index (χ3v) is 5.52. The van der Waals surface area contributed by atoms with Gasteiger partial charge in [-0.1, -0.05) is 30.3 Å². The number of furan rings is 1. The van der Waals surface area contributed by atoms with Crippen molar-refractivity contribution in [2.75, 3.05) is 26.2 Å². The van der Waals surface area contributed by atoms with Gasteiger partial charge in [0.05, 0.1) is 17.2 Å². The van der Waals surface area contributed by atoms with Crippen LogP contribution in [0.15, 0.2) is 53.3 Å². The maximum atomic E-state index is 13.0. The molecule has 1 aromatic carbocycles. The Bertz CT molecular complexity index is 757. The maximum absolute atomic E-state index is 13.0. The van der Waals surface area contributed by atoms with Gasteiger partial charge in [-0.3, -0.25) is 9.59 Å². The molecule has 25 heavy (non-hydrogen) atoms. The Morgan fingerprint density at radius 1 is 1.12 bits per heavy atom. The molecular formula is C20H22N2O3. The molecule has 1 aromatic heterocycles. The summed E-state index contributed by atoms with van der Waals surface area (Å²) in [5.41, 5.74) is 1.43. The monoisotopic (exact) mass is 338 g/mol. The minimum atomic E-state index is -0.379. The normalized spacial score (nSPS) is 23.0. The molecule has 2 amide bonds. The first-order valence-corrected chi connectivity index (χ1v) is 8.83. The van der Waals surface area contributed by atoms with E-state index in [1.54, 1.807) is 11.0 Å². The van der Waals surface area contributed by atoms with Crippen LogP contribution >= 0.6 is 0 Å². The molecule has 2 saturated heterocycles. The number of likely N-dealkylation sites (tertiary alicyclic amines) is 2. The van der Waals surface area contributed by atoms with Crippen LogP contribution in [0.3, 0.4) is 0 Å². The fourth-order valence-corrected chi connectivity index (χ4v) is 4.01. The number of carbonyl (C=O) groups excluding carboxylic acids is 2. The van der Waals surface area contributed by atoms with Crippen molar-refractivity contribution in [2.45, 2.75) is 19.3 Å². The molecule has 5 nitrogen and oxygen atoms in total. The molecule has 1 unspecified atom stereocenters. The zero-order chi connectivity index (χ0) is 17.3. The SMILES string of the molecule is O=C(c1ccoc1)N1CCC2(CCN(CCc3ccccc3)C2=O)C1. The summed E-state index contributed by atoms with van der Waals surface area (Å²) in [5, 5.41) is 0. The summed E-state index contributed by atoms with van der Waals surface area (Å²) in [6.45, 7) is 2.71. The van der Waals surface area contributed by atoms with E-state index in [-0.39, 0.29) is 17.2 Å². The van der Waals surface area contributed by atoms with Gasteiger partial charge in [-0.05, 0) is 30.9 Å². The molecule has 0 aliphatic carbocycles. The second-order valence-corrected chi connectivity index (χ2v) is 7.05. The van der Waals surface area contributed by atoms with E-state index in [0.717, 1.165) is 32.4 Å². The molecule has 4 rings (SSSR count). The van der Waals surface area contributed by atoms with Crippen molar-refractivity contribution in [3.05, 3.63) is 60.1 Å². The summed E-state index contributed by atoms with van der Waals surface area (Å²) in [6, 6.07) is 11.9. The summed E-state index contributed by atoms with van der Waals surface area (Å²) >= 11 is 0. The Morgan fingerprint density at radius 3 is 2.68 bits per heavy atom. The highest BCUT2D eigenvalue weighted by atomic mass is 16.3. The molecule has 2 aliphatic rings. The molecule has 2 aromatic rings. The van der Waals surface area contributed by atoms with Crippen molar-refractivity contribution >= 4 is 11.8 Å². The minimum absolute atomic E-state index is 0.0406. The number of hydrogen-bond donors (Lipinski definition) is 0. The van der Waals surface area contributed by atoms with Gasteiger partial charge >= 0.3 is 0 Å². The first kappa shape index (κ1) is 15.9. The molecule has 1 spiro atoms. The largest absolute Gasteiger partial charge is 0.472 e. The van der Waals surface area contributed by atoms with E-state index < -0.39 is 0 Å². The van der Waals surface area contributed by atoms with Crippen LogP contribution in [0.1, 0.15) is 28.8 Å². The van der Waals surface area contributed by atoms with Crippen molar-refractivity contribution in [2.24, 2.45) is 5.41 Å². The van der Waals surface area contributed by atoms with E-state index in [9.17, 15) is 9.59 Å². The lowest BCUT2D eigenvalue weighted by Crippen LogP contribution is -2.38. The second kappa shape index (κ2) is 6.39. The van der Waals surface area contributed by atoms with Crippen LogP contribution in [0, 0.1) is 5.41 Å². The molecule has 5 heteroatoms. The molecule has 0 N–H and O–H groups in total. The van der Waals surface area contributed by atoms with Crippen LogP contribution in [0.4, 0.5) is 0 Å². The summed E-state index contributed by atoms with van der Waals surface area (Å²) < 4.78 is 5.00. The first-order chi connectivity index (χ1) is 12.2. The first-order valence-electron chi connectivity index (χ1n) is 8.83. The van der Waals surface area contributed by atoms with Gasteiger partial charge in [0.25, 0.3) is 5.91 Å². The van der Waals surface area contributed by atoms with Gasteiger partial charge in [0.2, 0.25) is 5.91 Å². The third kappa shape index (κ3) is 2.95. The summed E-state index contributed by atoms with van der Waals surface area (Å²) in [6.07, 6.45) is 5.45. The third-order valence-electron chi connectivity index (χ3n) is 5.52. The highest BCUT2D eigenvalue weighted by molar-refractivity contribution is 5.95. The Balaban J connectivity index is 1.39. The van der Waals surface area contributed by atoms with Crippen LogP contribution in [-0.4, -0.2) is 47.8 Å². The predicted molar refractivity (Wildman–Crippen MR) is 93.0 cm³/mol. The Morgan fingerprint density at radius 2 is 1.92 bits per heavy atom. The van der Waals surface area contributed by atoms with Crippen molar-refractivity contribution in [3.63, 3.8) is 0 Å². The number of nitrogens with zero attached hydrogens (tertiary/aromatic N) is 2. The zero-order valence-electron chi connectivity index (χ0n) is 14.2. The van der Waals surface area contributed by atoms with Crippen LogP contribution in [-0.2, 0) is 11.2 Å². The number of hydrogen-bond acceptors (Lipinski definition) is 3. The average molecular weight is 338 g/mol. The van der Waals surface area contributed by atoms with Gasteiger partial charge in [0.15, 0.2) is 0 Å². The number of benzene rings is 1. The summed E-state index contributed by atoms with van der Waals surface area (Å²) in [7, 11) is 0. The smallest absolute Gasteiger partial charge is 0.257 e. The molecule has 0 radical (unpaired) electrons. The molecule has 2 aliphatic heterocycles. The van der Waals surface area contributed by atoms with E-state index >= 15 is 0 Å². The zero-order valence-corrected chi connectivity index (χ0v) is 14.2. The second-order valence-electron chi connectivity index (χ2n) is 7.05. The Kier molecular flexibility index (Phi) is 4.07. The summed E-state index contributed by atoms with van der Waals surface area (Å²) in [4.78, 5) is 29.2. The highest BCUT2D eigenvalue weighted by Gasteiger charge is 2.51. The van der Waals surface area contributed by atoms with Crippen molar-refractivity contribution < 1.29 is 14.0 Å². The van der Waals surface area contributed by atoms with Gasteiger partial charge < -0.3 is 14.2 Å². The molecule has 130 valence electrons. The lowest BCUT2D eigenvalue weighted by Gasteiger charge is -2.23. The van der Waals surface area contributed by atoms with Crippen LogP contribution in [0.2, 0.25) is 0 Å². The minimum Gasteiger partial charge on any atom is -0.472 e. The van der Waals surface area contributed by atoms with Crippen LogP contribution < -0.4 is 0 Å². The van der Waals surface area contributed by atoms with Gasteiger partial charge in [-0.25, -0.2) is 0 Å². The van der Waals surface area contributed by atoms with Gasteiger partial charge in [0.1, 0.15) is 6.26 Å². The number of carbonyl (C=O) groups is 2. The predicted octanol–water partition coefficient (Wildman–Crippen LogP) is 2.59. The van der Waals surface area contributed by atoms with Gasteiger partial charge in [-0.2, -0.15) is 0 Å². The average Bonchev–Trinajstić information content (AvgIpc) is 3.38. The maximum Gasteiger partial charge on any atom is 0.257 e. The van der Waals surface area contributed by atoms with E-state index in [1.165, 1.54) is 18.1 Å². The van der Waals surface area contributed by atoms with Crippen molar-refractivity contribution in [1.29, 1.82) is 0 Å². The highest BCUT2D eigenvalue weighted by Crippen LogP contribution is 2.41. The molecule has 2 fully saturated rings. The van der Waals surface area contributed by atoms with Gasteiger partial charge in [0, 0.05) is 26.2 Å². The summed E-state index contributed by atoms with van der Waals surface area (Å²) in [5.74, 6) is 0.173. The number of amides is 2. The quantitative estimate of drug-likeness (QED) is 0.861. The standard InChI is InChI=1S/C20H22N2O3/c23-18(17-7-13-25-14-17)22-12-9-20(15-22)8-11-21(19(20)24)10-6-16-4-2-1-3-5-16/h1-5,7,13-14H,6,8-12,15H2. The van der Waals surface area contributed by atoms with Crippen molar-refractivity contribution in [1.82, 2.24) is 9.80 Å². The topological polar surface area (TPSA) is 53.8 Å². The van der Waals surface area contributed by atoms with Crippen LogP contribution in [0.25, 0.3) is 0 Å². The molecule has 1 atom stereocenters.